The first-order chi connectivity index (χ1) is 4.95. The Bertz CT molecular complexity index is 152. The summed E-state index contributed by atoms with van der Waals surface area (Å²) < 4.78 is 6.39. The summed E-state index contributed by atoms with van der Waals surface area (Å²) in [5.74, 6) is 0. The SMILES string of the molecule is C=CCOC(=O)OC(Cl)(Cl)Cl. The summed E-state index contributed by atoms with van der Waals surface area (Å²) in [6.07, 6.45) is 0.310. The molecule has 6 heteroatoms. The monoisotopic (exact) mass is 218 g/mol. The molecule has 0 aliphatic heterocycles. The molecule has 3 nitrogen and oxygen atoms in total. The molecular weight excluding hydrogens is 214 g/mol. The molecule has 0 aromatic rings. The Labute approximate surface area is 78.8 Å². The summed E-state index contributed by atoms with van der Waals surface area (Å²) in [7, 11) is 0. The molecule has 0 spiro atoms. The molecule has 11 heavy (non-hydrogen) atoms. The number of rotatable bonds is 2. The van der Waals surface area contributed by atoms with E-state index in [1.54, 1.807) is 0 Å². The van der Waals surface area contributed by atoms with Crippen molar-refractivity contribution in [2.24, 2.45) is 0 Å². The number of hydrogen-bond donors (Lipinski definition) is 0. The third-order valence-electron chi connectivity index (χ3n) is 0.518. The molecule has 0 saturated heterocycles. The van der Waals surface area contributed by atoms with Crippen molar-refractivity contribution in [2.75, 3.05) is 6.61 Å². The first-order valence-electron chi connectivity index (χ1n) is 2.49. The topological polar surface area (TPSA) is 35.5 Å². The van der Waals surface area contributed by atoms with Crippen molar-refractivity contribution < 1.29 is 14.3 Å². The average Bonchev–Trinajstić information content (AvgIpc) is 1.79. The first kappa shape index (κ1) is 10.9. The predicted octanol–water partition coefficient (Wildman–Crippen LogP) is 2.65. The van der Waals surface area contributed by atoms with E-state index >= 15 is 0 Å². The molecule has 0 unspecified atom stereocenters. The van der Waals surface area contributed by atoms with Crippen molar-refractivity contribution in [3.63, 3.8) is 0 Å². The van der Waals surface area contributed by atoms with E-state index in [1.165, 1.54) is 6.08 Å². The van der Waals surface area contributed by atoms with Crippen molar-refractivity contribution in [3.8, 4) is 0 Å². The minimum atomic E-state index is -2.07. The summed E-state index contributed by atoms with van der Waals surface area (Å²) in [6, 6.07) is 0. The van der Waals surface area contributed by atoms with Crippen LogP contribution in [0.5, 0.6) is 0 Å². The number of carbonyl (C=O) groups excluding carboxylic acids is 1. The van der Waals surface area contributed by atoms with Crippen LogP contribution in [0.15, 0.2) is 12.7 Å². The number of carbonyl (C=O) groups is 1. The van der Waals surface area contributed by atoms with Crippen molar-refractivity contribution in [1.82, 2.24) is 0 Å². The Morgan fingerprint density at radius 2 is 2.09 bits per heavy atom. The molecule has 0 saturated carbocycles. The van der Waals surface area contributed by atoms with E-state index < -0.39 is 10.1 Å². The fraction of sp³-hybridized carbons (Fsp3) is 0.400. The maximum Gasteiger partial charge on any atom is 0.512 e. The van der Waals surface area contributed by atoms with Crippen LogP contribution in [0.2, 0.25) is 0 Å². The van der Waals surface area contributed by atoms with Gasteiger partial charge in [-0.25, -0.2) is 4.79 Å². The summed E-state index contributed by atoms with van der Waals surface area (Å²) in [5.41, 5.74) is 0. The molecule has 0 fully saturated rings. The van der Waals surface area contributed by atoms with Crippen LogP contribution >= 0.6 is 34.8 Å². The molecule has 0 rings (SSSR count). The molecule has 64 valence electrons. The highest BCUT2D eigenvalue weighted by atomic mass is 35.6. The van der Waals surface area contributed by atoms with Crippen molar-refractivity contribution in [2.45, 2.75) is 3.98 Å². The highest BCUT2D eigenvalue weighted by Crippen LogP contribution is 2.27. The number of halogens is 3. The zero-order chi connectivity index (χ0) is 8.91. The van der Waals surface area contributed by atoms with Gasteiger partial charge in [0.15, 0.2) is 0 Å². The van der Waals surface area contributed by atoms with Gasteiger partial charge in [0.25, 0.3) is 0 Å². The van der Waals surface area contributed by atoms with E-state index in [2.05, 4.69) is 16.1 Å². The highest BCUT2D eigenvalue weighted by molar-refractivity contribution is 6.66. The number of hydrogen-bond acceptors (Lipinski definition) is 3. The molecule has 0 atom stereocenters. The van der Waals surface area contributed by atoms with Crippen LogP contribution < -0.4 is 0 Å². The minimum absolute atomic E-state index is 0.0135. The third kappa shape index (κ3) is 7.78. The number of alkyl halides is 3. The van der Waals surface area contributed by atoms with Gasteiger partial charge in [0.2, 0.25) is 0 Å². The van der Waals surface area contributed by atoms with Gasteiger partial charge in [0, 0.05) is 0 Å². The predicted molar refractivity (Wildman–Crippen MR) is 42.9 cm³/mol. The lowest BCUT2D eigenvalue weighted by Crippen LogP contribution is -2.17. The fourth-order valence-corrected chi connectivity index (χ4v) is 0.440. The third-order valence-corrected chi connectivity index (χ3v) is 0.750. The number of ether oxygens (including phenoxy) is 2. The second kappa shape index (κ2) is 4.70. The standard InChI is InChI=1S/C5H5Cl3O3/c1-2-3-10-4(9)11-5(6,7)8/h2H,1,3H2. The maximum absolute atomic E-state index is 10.5. The molecule has 0 radical (unpaired) electrons. The second-order valence-corrected chi connectivity index (χ2v) is 3.57. The van der Waals surface area contributed by atoms with Crippen molar-refractivity contribution >= 4 is 41.0 Å². The van der Waals surface area contributed by atoms with Gasteiger partial charge in [-0.2, -0.15) is 0 Å². The summed E-state index contributed by atoms with van der Waals surface area (Å²) >= 11 is 15.3. The van der Waals surface area contributed by atoms with Gasteiger partial charge in [-0.05, 0) is 34.8 Å². The lowest BCUT2D eigenvalue weighted by Gasteiger charge is -2.10. The lowest BCUT2D eigenvalue weighted by atomic mass is 10.7. The molecule has 0 amide bonds. The van der Waals surface area contributed by atoms with Crippen LogP contribution in [0.4, 0.5) is 4.79 Å². The zero-order valence-electron chi connectivity index (χ0n) is 5.35. The fourth-order valence-electron chi connectivity index (χ4n) is 0.251. The Balaban J connectivity index is 3.61. The van der Waals surface area contributed by atoms with Gasteiger partial charge in [0.05, 0.1) is 0 Å². The zero-order valence-corrected chi connectivity index (χ0v) is 7.62. The van der Waals surface area contributed by atoms with E-state index in [9.17, 15) is 4.79 Å². The Kier molecular flexibility index (Phi) is 4.65. The quantitative estimate of drug-likeness (QED) is 0.407. The van der Waals surface area contributed by atoms with Crippen LogP contribution in [0.1, 0.15) is 0 Å². The van der Waals surface area contributed by atoms with Crippen LogP contribution in [0, 0.1) is 0 Å². The van der Waals surface area contributed by atoms with Gasteiger partial charge in [-0.15, -0.1) is 0 Å². The second-order valence-electron chi connectivity index (χ2n) is 1.40. The van der Waals surface area contributed by atoms with Gasteiger partial charge in [-0.1, -0.05) is 12.7 Å². The van der Waals surface area contributed by atoms with Crippen molar-refractivity contribution in [3.05, 3.63) is 12.7 Å². The van der Waals surface area contributed by atoms with Crippen LogP contribution in [-0.4, -0.2) is 16.7 Å². The summed E-state index contributed by atoms with van der Waals surface area (Å²) in [6.45, 7) is 3.31. The van der Waals surface area contributed by atoms with E-state index in [1.807, 2.05) is 0 Å². The molecule has 0 N–H and O–H groups in total. The molecule has 0 aromatic carbocycles. The van der Waals surface area contributed by atoms with Gasteiger partial charge in [-0.3, -0.25) is 0 Å². The van der Waals surface area contributed by atoms with Crippen LogP contribution in [0.3, 0.4) is 0 Å². The van der Waals surface area contributed by atoms with Gasteiger partial charge < -0.3 is 9.47 Å². The maximum atomic E-state index is 10.5. The Morgan fingerprint density at radius 1 is 1.55 bits per heavy atom. The lowest BCUT2D eigenvalue weighted by molar-refractivity contribution is 0.0610. The van der Waals surface area contributed by atoms with E-state index in [0.717, 1.165) is 0 Å². The summed E-state index contributed by atoms with van der Waals surface area (Å²) in [5, 5.41) is 0. The smallest absolute Gasteiger partial charge is 0.430 e. The van der Waals surface area contributed by atoms with Gasteiger partial charge in [0.1, 0.15) is 6.61 Å². The molecule has 0 bridgehead atoms. The van der Waals surface area contributed by atoms with Gasteiger partial charge >= 0.3 is 10.1 Å². The molecule has 0 aromatic heterocycles. The van der Waals surface area contributed by atoms with Crippen LogP contribution in [-0.2, 0) is 9.47 Å². The Morgan fingerprint density at radius 3 is 2.45 bits per heavy atom. The van der Waals surface area contributed by atoms with E-state index in [-0.39, 0.29) is 6.61 Å². The van der Waals surface area contributed by atoms with E-state index in [4.69, 9.17) is 34.8 Å². The summed E-state index contributed by atoms with van der Waals surface area (Å²) in [4.78, 5) is 10.5. The molecule has 0 heterocycles. The Hall–Kier alpha value is -0.120. The average molecular weight is 219 g/mol. The van der Waals surface area contributed by atoms with Crippen molar-refractivity contribution in [1.29, 1.82) is 0 Å². The normalized spacial score (nSPS) is 10.5. The minimum Gasteiger partial charge on any atom is -0.430 e. The largest absolute Gasteiger partial charge is 0.512 e. The first-order valence-corrected chi connectivity index (χ1v) is 3.62. The van der Waals surface area contributed by atoms with Crippen LogP contribution in [0.25, 0.3) is 0 Å². The molecule has 0 aliphatic carbocycles. The molecule has 0 aliphatic rings. The van der Waals surface area contributed by atoms with E-state index in [0.29, 0.717) is 0 Å². The highest BCUT2D eigenvalue weighted by Gasteiger charge is 2.25. The molecular formula is C5H5Cl3O3.